The molecule has 0 aromatic heterocycles. The number of esters is 1. The van der Waals surface area contributed by atoms with E-state index in [1.807, 2.05) is 0 Å². The van der Waals surface area contributed by atoms with Crippen LogP contribution in [0.1, 0.15) is 18.5 Å². The van der Waals surface area contributed by atoms with E-state index in [1.165, 1.54) is 0 Å². The molecule has 1 heterocycles. The van der Waals surface area contributed by atoms with Gasteiger partial charge < -0.3 is 10.1 Å². The lowest BCUT2D eigenvalue weighted by atomic mass is 9.90. The number of nitrogens with zero attached hydrogens (tertiary/aromatic N) is 3. The van der Waals surface area contributed by atoms with Crippen molar-refractivity contribution in [1.82, 2.24) is 9.95 Å². The number of carbonyl (C=O) groups is 2. The summed E-state index contributed by atoms with van der Waals surface area (Å²) in [6.45, 7) is 1.75. The van der Waals surface area contributed by atoms with E-state index in [9.17, 15) is 19.7 Å². The van der Waals surface area contributed by atoms with E-state index in [4.69, 9.17) is 16.5 Å². The first-order chi connectivity index (χ1) is 14.0. The van der Waals surface area contributed by atoms with Crippen LogP contribution in [-0.4, -0.2) is 34.2 Å². The Labute approximate surface area is 172 Å². The zero-order valence-corrected chi connectivity index (χ0v) is 16.2. The Kier molecular flexibility index (Phi) is 6.18. The Balaban J connectivity index is 2.10. The maximum absolute atomic E-state index is 13.0. The zero-order valence-electron chi connectivity index (χ0n) is 15.5. The van der Waals surface area contributed by atoms with Crippen LogP contribution >= 0.6 is 11.8 Å². The van der Waals surface area contributed by atoms with Crippen molar-refractivity contribution in [3.8, 4) is 0 Å². The molecule has 3 rings (SSSR count). The highest BCUT2D eigenvalue weighted by atomic mass is 35.5. The number of ether oxygens (including phenoxy) is 1. The summed E-state index contributed by atoms with van der Waals surface area (Å²) < 4.78 is 5.39. The number of nitrogens with one attached hydrogen (secondary N) is 1. The second-order valence-corrected chi connectivity index (χ2v) is 6.58. The van der Waals surface area contributed by atoms with E-state index in [-0.39, 0.29) is 16.9 Å². The third-order valence-corrected chi connectivity index (χ3v) is 4.87. The molecule has 1 aliphatic heterocycles. The van der Waals surface area contributed by atoms with E-state index in [0.717, 1.165) is 5.01 Å². The highest BCUT2D eigenvalue weighted by Gasteiger charge is 2.54. The van der Waals surface area contributed by atoms with Crippen molar-refractivity contribution in [3.63, 3.8) is 0 Å². The van der Waals surface area contributed by atoms with Gasteiger partial charge in [-0.15, -0.1) is 0 Å². The minimum absolute atomic E-state index is 0.100. The standard InChI is InChI=1S/C19H19ClN4O5/c1-2-29-19(26)15-16(13-9-5-3-6-10-13)21-18(25)17(15)22(23(20)24(27)28)14-11-7-4-8-12-14/h3-12,15-17H,2H2,1H3,(H,21,25). The molecule has 2 aromatic rings. The molecule has 3 atom stereocenters. The Morgan fingerprint density at radius 1 is 1.17 bits per heavy atom. The van der Waals surface area contributed by atoms with E-state index >= 15 is 0 Å². The Bertz CT molecular complexity index is 883. The van der Waals surface area contributed by atoms with Gasteiger partial charge in [0.05, 0.1) is 23.0 Å². The summed E-state index contributed by atoms with van der Waals surface area (Å²) in [6.07, 6.45) is 0. The fourth-order valence-corrected chi connectivity index (χ4v) is 3.59. The highest BCUT2D eigenvalue weighted by Crippen LogP contribution is 2.37. The van der Waals surface area contributed by atoms with Gasteiger partial charge in [0.15, 0.2) is 11.1 Å². The lowest BCUT2D eigenvalue weighted by molar-refractivity contribution is -0.625. The van der Waals surface area contributed by atoms with E-state index < -0.39 is 34.9 Å². The predicted octanol–water partition coefficient (Wildman–Crippen LogP) is 2.47. The van der Waals surface area contributed by atoms with E-state index in [1.54, 1.807) is 67.6 Å². The Morgan fingerprint density at radius 3 is 2.31 bits per heavy atom. The molecule has 1 aliphatic rings. The summed E-state index contributed by atoms with van der Waals surface area (Å²) >= 11 is 5.93. The average molecular weight is 419 g/mol. The number of halogens is 1. The zero-order chi connectivity index (χ0) is 21.0. The molecule has 152 valence electrons. The van der Waals surface area contributed by atoms with Crippen LogP contribution in [0, 0.1) is 16.0 Å². The van der Waals surface area contributed by atoms with Crippen molar-refractivity contribution >= 4 is 29.3 Å². The van der Waals surface area contributed by atoms with Gasteiger partial charge in [-0.25, -0.2) is 15.1 Å². The monoisotopic (exact) mass is 418 g/mol. The first kappa shape index (κ1) is 20.4. The van der Waals surface area contributed by atoms with Gasteiger partial charge in [-0.05, 0) is 24.6 Å². The van der Waals surface area contributed by atoms with Gasteiger partial charge in [-0.2, -0.15) is 0 Å². The van der Waals surface area contributed by atoms with Gasteiger partial charge in [0.1, 0.15) is 17.7 Å². The van der Waals surface area contributed by atoms with Crippen molar-refractivity contribution < 1.29 is 19.4 Å². The number of rotatable bonds is 7. The Hall–Kier alpha value is -3.33. The summed E-state index contributed by atoms with van der Waals surface area (Å²) in [4.78, 5) is 37.2. The summed E-state index contributed by atoms with van der Waals surface area (Å²) in [6, 6.07) is 15.0. The van der Waals surface area contributed by atoms with Crippen LogP contribution in [0.15, 0.2) is 60.7 Å². The summed E-state index contributed by atoms with van der Waals surface area (Å²) in [5.74, 6) is -2.29. The first-order valence-electron chi connectivity index (χ1n) is 8.92. The van der Waals surface area contributed by atoms with Crippen LogP contribution in [0.4, 0.5) is 5.69 Å². The number of nitro groups is 1. The molecule has 0 spiro atoms. The number of hydrogen-bond donors (Lipinski definition) is 1. The van der Waals surface area contributed by atoms with Gasteiger partial charge in [0.25, 0.3) is 0 Å². The molecule has 29 heavy (non-hydrogen) atoms. The number of para-hydroxylation sites is 1. The number of carbonyl (C=O) groups excluding carboxylic acids is 2. The molecule has 3 unspecified atom stereocenters. The fourth-order valence-electron chi connectivity index (χ4n) is 3.41. The molecule has 0 aliphatic carbocycles. The molecule has 1 saturated heterocycles. The van der Waals surface area contributed by atoms with Crippen LogP contribution in [-0.2, 0) is 14.3 Å². The predicted molar refractivity (Wildman–Crippen MR) is 105 cm³/mol. The third-order valence-electron chi connectivity index (χ3n) is 4.58. The molecular weight excluding hydrogens is 400 g/mol. The summed E-state index contributed by atoms with van der Waals surface area (Å²) in [5.41, 5.74) is 0.957. The molecule has 2 aromatic carbocycles. The number of benzene rings is 2. The molecule has 0 bridgehead atoms. The number of hydrogen-bond acceptors (Lipinski definition) is 6. The normalized spacial score (nSPS) is 20.6. The van der Waals surface area contributed by atoms with Crippen molar-refractivity contribution in [3.05, 3.63) is 76.3 Å². The maximum atomic E-state index is 13.0. The van der Waals surface area contributed by atoms with Gasteiger partial charge in [0, 0.05) is 0 Å². The van der Waals surface area contributed by atoms with Gasteiger partial charge in [0.2, 0.25) is 5.91 Å². The number of amides is 1. The summed E-state index contributed by atoms with van der Waals surface area (Å²) in [5, 5.41) is 14.3. The second kappa shape index (κ2) is 8.78. The largest absolute Gasteiger partial charge is 0.466 e. The average Bonchev–Trinajstić information content (AvgIpc) is 3.07. The third kappa shape index (κ3) is 4.09. The molecule has 0 radical (unpaired) electrons. The molecule has 0 saturated carbocycles. The van der Waals surface area contributed by atoms with Crippen molar-refractivity contribution in [2.75, 3.05) is 11.6 Å². The van der Waals surface area contributed by atoms with Gasteiger partial charge in [-0.1, -0.05) is 48.5 Å². The van der Waals surface area contributed by atoms with Crippen molar-refractivity contribution in [2.45, 2.75) is 19.0 Å². The molecule has 1 fully saturated rings. The van der Waals surface area contributed by atoms with Gasteiger partial charge >= 0.3 is 5.97 Å². The quantitative estimate of drug-likeness (QED) is 0.318. The lowest BCUT2D eigenvalue weighted by Gasteiger charge is -2.31. The minimum Gasteiger partial charge on any atom is -0.466 e. The highest BCUT2D eigenvalue weighted by molar-refractivity contribution is 6.13. The summed E-state index contributed by atoms with van der Waals surface area (Å²) in [7, 11) is 0. The minimum atomic E-state index is -1.29. The molecule has 9 nitrogen and oxygen atoms in total. The molecular formula is C19H19ClN4O5. The van der Waals surface area contributed by atoms with Crippen molar-refractivity contribution in [2.24, 2.45) is 5.92 Å². The van der Waals surface area contributed by atoms with Crippen LogP contribution in [0.3, 0.4) is 0 Å². The van der Waals surface area contributed by atoms with E-state index in [0.29, 0.717) is 5.56 Å². The molecule has 10 heteroatoms. The van der Waals surface area contributed by atoms with Crippen LogP contribution in [0.2, 0.25) is 0 Å². The maximum Gasteiger partial charge on any atom is 0.314 e. The molecule has 1 amide bonds. The van der Waals surface area contributed by atoms with Crippen LogP contribution in [0.5, 0.6) is 0 Å². The second-order valence-electron chi connectivity index (χ2n) is 6.28. The first-order valence-corrected chi connectivity index (χ1v) is 9.25. The van der Waals surface area contributed by atoms with Crippen LogP contribution < -0.4 is 10.3 Å². The lowest BCUT2D eigenvalue weighted by Crippen LogP contribution is -2.54. The van der Waals surface area contributed by atoms with Gasteiger partial charge in [-0.3, -0.25) is 9.59 Å². The fraction of sp³-hybridized carbons (Fsp3) is 0.263. The Morgan fingerprint density at radius 2 is 1.76 bits per heavy atom. The topological polar surface area (TPSA) is 105 Å². The smallest absolute Gasteiger partial charge is 0.314 e. The molecule has 1 N–H and O–H groups in total. The van der Waals surface area contributed by atoms with Crippen LogP contribution in [0.25, 0.3) is 0 Å². The van der Waals surface area contributed by atoms with Crippen molar-refractivity contribution in [1.29, 1.82) is 0 Å². The van der Waals surface area contributed by atoms with E-state index in [2.05, 4.69) is 5.32 Å². The number of anilines is 1. The SMILES string of the molecule is CCOC(=O)C1C(c2ccccc2)NC(=O)C1N(c1ccccc1)N(Cl)[N+](=O)[O-]. The number of hydrazine groups is 2.